The van der Waals surface area contributed by atoms with Crippen molar-refractivity contribution in [1.29, 1.82) is 0 Å². The second-order valence-electron chi connectivity index (χ2n) is 5.41. The lowest BCUT2D eigenvalue weighted by Crippen LogP contribution is -2.39. The zero-order chi connectivity index (χ0) is 15.6. The fraction of sp³-hybridized carbons (Fsp3) is 0.571. The Morgan fingerprint density at radius 1 is 1.43 bits per heavy atom. The van der Waals surface area contributed by atoms with Gasteiger partial charge in [-0.3, -0.25) is 0 Å². The predicted octanol–water partition coefficient (Wildman–Crippen LogP) is 2.17. The third-order valence-corrected chi connectivity index (χ3v) is 6.37. The quantitative estimate of drug-likeness (QED) is 0.824. The maximum Gasteiger partial charge on any atom is 0.244 e. The molecule has 1 aliphatic carbocycles. The Morgan fingerprint density at radius 2 is 2.14 bits per heavy atom. The van der Waals surface area contributed by atoms with Gasteiger partial charge in [0.2, 0.25) is 10.0 Å². The molecule has 1 aliphatic rings. The standard InChI is InChI=1S/C14H21BrN2O3S/c1-9-6-13(20-2)14(7-11(9)15)21(18,19)17-12-5-3-4-10(12)8-16/h6-7,10,12,17H,3-5,8,16H2,1-2H3. The van der Waals surface area contributed by atoms with Crippen LogP contribution in [0.4, 0.5) is 0 Å². The summed E-state index contributed by atoms with van der Waals surface area (Å²) >= 11 is 3.37. The fourth-order valence-corrected chi connectivity index (χ4v) is 4.75. The van der Waals surface area contributed by atoms with Crippen LogP contribution in [0.15, 0.2) is 21.5 Å². The number of hydrogen-bond acceptors (Lipinski definition) is 4. The molecule has 2 unspecified atom stereocenters. The van der Waals surface area contributed by atoms with E-state index in [0.717, 1.165) is 29.3 Å². The molecular formula is C14H21BrN2O3S. The van der Waals surface area contributed by atoms with Gasteiger partial charge in [-0.1, -0.05) is 22.4 Å². The Kier molecular flexibility index (Phi) is 5.29. The zero-order valence-electron chi connectivity index (χ0n) is 12.2. The summed E-state index contributed by atoms with van der Waals surface area (Å²) in [5, 5.41) is 0. The van der Waals surface area contributed by atoms with Crippen LogP contribution in [0.5, 0.6) is 5.75 Å². The summed E-state index contributed by atoms with van der Waals surface area (Å²) in [6.45, 7) is 2.39. The minimum absolute atomic E-state index is 0.0928. The molecular weight excluding hydrogens is 356 g/mol. The summed E-state index contributed by atoms with van der Waals surface area (Å²) in [5.74, 6) is 0.560. The maximum atomic E-state index is 12.6. The molecule has 0 amide bonds. The number of hydrogen-bond donors (Lipinski definition) is 2. The van der Waals surface area contributed by atoms with Gasteiger partial charge in [-0.05, 0) is 49.9 Å². The summed E-state index contributed by atoms with van der Waals surface area (Å²) in [6.07, 6.45) is 2.80. The summed E-state index contributed by atoms with van der Waals surface area (Å²) in [5.41, 5.74) is 6.64. The van der Waals surface area contributed by atoms with E-state index < -0.39 is 10.0 Å². The van der Waals surface area contributed by atoms with Crippen LogP contribution in [0.1, 0.15) is 24.8 Å². The summed E-state index contributed by atoms with van der Waals surface area (Å²) < 4.78 is 34.0. The number of sulfonamides is 1. The minimum Gasteiger partial charge on any atom is -0.495 e. The van der Waals surface area contributed by atoms with Crippen LogP contribution in [-0.4, -0.2) is 28.1 Å². The Morgan fingerprint density at radius 3 is 2.76 bits per heavy atom. The Bertz CT molecular complexity index is 619. The molecule has 0 radical (unpaired) electrons. The van der Waals surface area contributed by atoms with Crippen molar-refractivity contribution >= 4 is 26.0 Å². The van der Waals surface area contributed by atoms with Gasteiger partial charge in [0.05, 0.1) is 7.11 Å². The number of aryl methyl sites for hydroxylation is 1. The largest absolute Gasteiger partial charge is 0.495 e. The predicted molar refractivity (Wildman–Crippen MR) is 85.9 cm³/mol. The van der Waals surface area contributed by atoms with Crippen LogP contribution in [0.2, 0.25) is 0 Å². The van der Waals surface area contributed by atoms with Crippen LogP contribution in [0, 0.1) is 12.8 Å². The molecule has 0 aromatic heterocycles. The third-order valence-electron chi connectivity index (χ3n) is 4.00. The van der Waals surface area contributed by atoms with Gasteiger partial charge in [0.1, 0.15) is 10.6 Å². The topological polar surface area (TPSA) is 81.4 Å². The Labute approximate surface area is 134 Å². The smallest absolute Gasteiger partial charge is 0.244 e. The van der Waals surface area contributed by atoms with E-state index in [1.165, 1.54) is 7.11 Å². The summed E-state index contributed by atoms with van der Waals surface area (Å²) in [4.78, 5) is 0.158. The molecule has 0 aliphatic heterocycles. The average Bonchev–Trinajstić information content (AvgIpc) is 2.87. The number of halogens is 1. The lowest BCUT2D eigenvalue weighted by Gasteiger charge is -2.20. The molecule has 0 heterocycles. The van der Waals surface area contributed by atoms with Gasteiger partial charge in [0, 0.05) is 10.5 Å². The molecule has 3 N–H and O–H groups in total. The van der Waals surface area contributed by atoms with Crippen molar-refractivity contribution in [2.45, 2.75) is 37.1 Å². The molecule has 1 fully saturated rings. The molecule has 0 bridgehead atoms. The van der Waals surface area contributed by atoms with Crippen molar-refractivity contribution in [3.8, 4) is 5.75 Å². The molecule has 118 valence electrons. The average molecular weight is 377 g/mol. The first-order valence-corrected chi connectivity index (χ1v) is 9.23. The number of ether oxygens (including phenoxy) is 1. The maximum absolute atomic E-state index is 12.6. The molecule has 0 spiro atoms. The van der Waals surface area contributed by atoms with E-state index in [9.17, 15) is 8.42 Å². The van der Waals surface area contributed by atoms with E-state index in [1.807, 2.05) is 6.92 Å². The van der Waals surface area contributed by atoms with Crippen molar-refractivity contribution in [3.63, 3.8) is 0 Å². The fourth-order valence-electron chi connectivity index (χ4n) is 2.74. The molecule has 1 aromatic rings. The molecule has 5 nitrogen and oxygen atoms in total. The van der Waals surface area contributed by atoms with Gasteiger partial charge < -0.3 is 10.5 Å². The van der Waals surface area contributed by atoms with E-state index in [-0.39, 0.29) is 16.9 Å². The summed E-state index contributed by atoms with van der Waals surface area (Å²) in [6, 6.07) is 3.21. The van der Waals surface area contributed by atoms with Crippen molar-refractivity contribution in [2.24, 2.45) is 11.7 Å². The monoisotopic (exact) mass is 376 g/mol. The highest BCUT2D eigenvalue weighted by Gasteiger charge is 2.31. The van der Waals surface area contributed by atoms with Crippen molar-refractivity contribution in [1.82, 2.24) is 4.72 Å². The molecule has 2 atom stereocenters. The number of benzene rings is 1. The number of methoxy groups -OCH3 is 1. The van der Waals surface area contributed by atoms with Gasteiger partial charge in [0.15, 0.2) is 0 Å². The van der Waals surface area contributed by atoms with Gasteiger partial charge in [0.25, 0.3) is 0 Å². The number of nitrogens with two attached hydrogens (primary N) is 1. The van der Waals surface area contributed by atoms with Crippen LogP contribution in [0.3, 0.4) is 0 Å². The minimum atomic E-state index is -3.63. The lowest BCUT2D eigenvalue weighted by atomic mass is 10.1. The Balaban J connectivity index is 2.33. The van der Waals surface area contributed by atoms with E-state index in [4.69, 9.17) is 10.5 Å². The lowest BCUT2D eigenvalue weighted by molar-refractivity contribution is 0.400. The normalized spacial score (nSPS) is 22.5. The van der Waals surface area contributed by atoms with E-state index >= 15 is 0 Å². The van der Waals surface area contributed by atoms with E-state index in [2.05, 4.69) is 20.7 Å². The van der Waals surface area contributed by atoms with E-state index in [0.29, 0.717) is 12.3 Å². The van der Waals surface area contributed by atoms with Gasteiger partial charge in [-0.2, -0.15) is 0 Å². The molecule has 2 rings (SSSR count). The second-order valence-corrected chi connectivity index (χ2v) is 7.94. The third kappa shape index (κ3) is 3.59. The molecule has 1 saturated carbocycles. The zero-order valence-corrected chi connectivity index (χ0v) is 14.6. The number of nitrogens with one attached hydrogen (secondary N) is 1. The van der Waals surface area contributed by atoms with Gasteiger partial charge in [-0.15, -0.1) is 0 Å². The molecule has 1 aromatic carbocycles. The van der Waals surface area contributed by atoms with Crippen molar-refractivity contribution in [3.05, 3.63) is 22.2 Å². The molecule has 7 heteroatoms. The first kappa shape index (κ1) is 16.7. The van der Waals surface area contributed by atoms with Gasteiger partial charge in [-0.25, -0.2) is 13.1 Å². The van der Waals surface area contributed by atoms with Crippen LogP contribution >= 0.6 is 15.9 Å². The van der Waals surface area contributed by atoms with Crippen LogP contribution in [-0.2, 0) is 10.0 Å². The highest BCUT2D eigenvalue weighted by molar-refractivity contribution is 9.10. The van der Waals surface area contributed by atoms with E-state index in [1.54, 1.807) is 12.1 Å². The van der Waals surface area contributed by atoms with Crippen molar-refractivity contribution in [2.75, 3.05) is 13.7 Å². The summed E-state index contributed by atoms with van der Waals surface area (Å²) in [7, 11) is -2.16. The molecule has 0 saturated heterocycles. The first-order chi connectivity index (χ1) is 9.89. The van der Waals surface area contributed by atoms with Gasteiger partial charge >= 0.3 is 0 Å². The van der Waals surface area contributed by atoms with Crippen LogP contribution < -0.4 is 15.2 Å². The molecule has 21 heavy (non-hydrogen) atoms. The second kappa shape index (κ2) is 6.64. The Hall–Kier alpha value is -0.630. The van der Waals surface area contributed by atoms with Crippen LogP contribution in [0.25, 0.3) is 0 Å². The SMILES string of the molecule is COc1cc(C)c(Br)cc1S(=O)(=O)NC1CCCC1CN. The first-order valence-electron chi connectivity index (χ1n) is 6.95. The highest BCUT2D eigenvalue weighted by Crippen LogP contribution is 2.32. The number of rotatable bonds is 5. The van der Waals surface area contributed by atoms with Crippen molar-refractivity contribution < 1.29 is 13.2 Å². The highest BCUT2D eigenvalue weighted by atomic mass is 79.9.